The van der Waals surface area contributed by atoms with Crippen LogP contribution in [0, 0.1) is 11.6 Å². The zero-order valence-corrected chi connectivity index (χ0v) is 11.3. The van der Waals surface area contributed by atoms with Gasteiger partial charge in [-0.05, 0) is 34.5 Å². The van der Waals surface area contributed by atoms with Crippen molar-refractivity contribution in [2.75, 3.05) is 20.2 Å². The van der Waals surface area contributed by atoms with Crippen molar-refractivity contribution in [2.24, 2.45) is 0 Å². The highest BCUT2D eigenvalue weighted by atomic mass is 79.9. The molecule has 0 bridgehead atoms. The van der Waals surface area contributed by atoms with Gasteiger partial charge in [0.2, 0.25) is 0 Å². The molecule has 2 rings (SSSR count). The van der Waals surface area contributed by atoms with Crippen LogP contribution in [0.2, 0.25) is 0 Å². The van der Waals surface area contributed by atoms with Crippen molar-refractivity contribution < 1.29 is 18.3 Å². The van der Waals surface area contributed by atoms with Crippen LogP contribution in [0.25, 0.3) is 0 Å². The van der Waals surface area contributed by atoms with Gasteiger partial charge in [-0.3, -0.25) is 4.79 Å². The van der Waals surface area contributed by atoms with E-state index in [0.29, 0.717) is 19.5 Å². The quantitative estimate of drug-likeness (QED) is 0.784. The van der Waals surface area contributed by atoms with Gasteiger partial charge in [-0.1, -0.05) is 0 Å². The predicted octanol–water partition coefficient (Wildman–Crippen LogP) is 2.59. The maximum Gasteiger partial charge on any atom is 0.258 e. The zero-order chi connectivity index (χ0) is 13.3. The molecule has 1 heterocycles. The fourth-order valence-electron chi connectivity index (χ4n) is 1.99. The number of methoxy groups -OCH3 is 1. The number of amides is 1. The molecule has 1 aromatic carbocycles. The first-order valence-corrected chi connectivity index (χ1v) is 6.29. The first kappa shape index (κ1) is 13.4. The van der Waals surface area contributed by atoms with Crippen molar-refractivity contribution in [3.63, 3.8) is 0 Å². The maximum absolute atomic E-state index is 13.6. The molecule has 1 atom stereocenters. The fourth-order valence-corrected chi connectivity index (χ4v) is 2.48. The summed E-state index contributed by atoms with van der Waals surface area (Å²) < 4.78 is 32.0. The SMILES string of the molecule is CO[C@H]1CCN(C(=O)c2c(F)ccc(F)c2Br)C1. The number of carbonyl (C=O) groups is 1. The molecule has 1 aromatic rings. The largest absolute Gasteiger partial charge is 0.380 e. The molecular weight excluding hydrogens is 308 g/mol. The van der Waals surface area contributed by atoms with Crippen molar-refractivity contribution in [3.05, 3.63) is 33.8 Å². The van der Waals surface area contributed by atoms with Crippen molar-refractivity contribution in [3.8, 4) is 0 Å². The lowest BCUT2D eigenvalue weighted by Crippen LogP contribution is -2.31. The summed E-state index contributed by atoms with van der Waals surface area (Å²) in [5, 5.41) is 0. The Balaban J connectivity index is 2.27. The molecule has 3 nitrogen and oxygen atoms in total. The Bertz CT molecular complexity index is 481. The molecule has 1 saturated heterocycles. The Morgan fingerprint density at radius 2 is 2.11 bits per heavy atom. The van der Waals surface area contributed by atoms with E-state index < -0.39 is 17.5 Å². The van der Waals surface area contributed by atoms with Gasteiger partial charge in [0.15, 0.2) is 0 Å². The molecule has 6 heteroatoms. The molecule has 0 unspecified atom stereocenters. The van der Waals surface area contributed by atoms with E-state index in [4.69, 9.17) is 4.74 Å². The van der Waals surface area contributed by atoms with Crippen molar-refractivity contribution >= 4 is 21.8 Å². The minimum absolute atomic E-state index is 0.0376. The molecule has 1 fully saturated rings. The standard InChI is InChI=1S/C12H12BrF2NO2/c1-18-7-4-5-16(6-7)12(17)10-8(14)2-3-9(15)11(10)13/h2-3,7H,4-6H2,1H3/t7-/m0/s1. The van der Waals surface area contributed by atoms with E-state index >= 15 is 0 Å². The van der Waals surface area contributed by atoms with Crippen LogP contribution in [0.3, 0.4) is 0 Å². The number of ether oxygens (including phenoxy) is 1. The second kappa shape index (κ2) is 5.32. The predicted molar refractivity (Wildman–Crippen MR) is 65.4 cm³/mol. The van der Waals surface area contributed by atoms with Crippen LogP contribution in [0.15, 0.2) is 16.6 Å². The smallest absolute Gasteiger partial charge is 0.258 e. The molecule has 1 amide bonds. The van der Waals surface area contributed by atoms with E-state index in [1.165, 1.54) is 4.90 Å². The molecule has 1 aliphatic rings. The first-order valence-electron chi connectivity index (χ1n) is 5.50. The lowest BCUT2D eigenvalue weighted by atomic mass is 10.2. The molecule has 0 saturated carbocycles. The van der Waals surface area contributed by atoms with Gasteiger partial charge in [0, 0.05) is 20.2 Å². The number of hydrogen-bond acceptors (Lipinski definition) is 2. The van der Waals surface area contributed by atoms with Gasteiger partial charge in [-0.2, -0.15) is 0 Å². The van der Waals surface area contributed by atoms with Crippen LogP contribution >= 0.6 is 15.9 Å². The van der Waals surface area contributed by atoms with Crippen LogP contribution in [0.1, 0.15) is 16.8 Å². The van der Waals surface area contributed by atoms with Gasteiger partial charge < -0.3 is 9.64 Å². The molecule has 0 aliphatic carbocycles. The van der Waals surface area contributed by atoms with E-state index in [-0.39, 0.29) is 16.1 Å². The highest BCUT2D eigenvalue weighted by molar-refractivity contribution is 9.10. The maximum atomic E-state index is 13.6. The number of likely N-dealkylation sites (tertiary alicyclic amines) is 1. The summed E-state index contributed by atoms with van der Waals surface area (Å²) >= 11 is 2.92. The van der Waals surface area contributed by atoms with E-state index in [0.717, 1.165) is 12.1 Å². The Kier molecular flexibility index (Phi) is 3.97. The summed E-state index contributed by atoms with van der Waals surface area (Å²) in [6, 6.07) is 1.94. The number of halogens is 3. The number of nitrogens with zero attached hydrogens (tertiary/aromatic N) is 1. The Labute approximate surface area is 112 Å². The lowest BCUT2D eigenvalue weighted by Gasteiger charge is -2.17. The van der Waals surface area contributed by atoms with Gasteiger partial charge in [0.1, 0.15) is 11.6 Å². The van der Waals surface area contributed by atoms with Crippen LogP contribution in [0.5, 0.6) is 0 Å². The summed E-state index contributed by atoms with van der Waals surface area (Å²) in [6.07, 6.45) is 0.668. The summed E-state index contributed by atoms with van der Waals surface area (Å²) in [5.74, 6) is -1.89. The van der Waals surface area contributed by atoms with E-state index in [9.17, 15) is 13.6 Å². The summed E-state index contributed by atoms with van der Waals surface area (Å²) in [4.78, 5) is 13.6. The Morgan fingerprint density at radius 3 is 2.72 bits per heavy atom. The molecular formula is C12H12BrF2NO2. The number of benzene rings is 1. The highest BCUT2D eigenvalue weighted by Gasteiger charge is 2.30. The summed E-state index contributed by atoms with van der Waals surface area (Å²) in [7, 11) is 1.57. The average Bonchev–Trinajstić information content (AvgIpc) is 2.83. The van der Waals surface area contributed by atoms with Crippen molar-refractivity contribution in [1.82, 2.24) is 4.90 Å². The molecule has 98 valence electrons. The van der Waals surface area contributed by atoms with Crippen LogP contribution in [0.4, 0.5) is 8.78 Å². The Hall–Kier alpha value is -1.01. The summed E-state index contributed by atoms with van der Waals surface area (Å²) in [6.45, 7) is 0.886. The zero-order valence-electron chi connectivity index (χ0n) is 9.75. The van der Waals surface area contributed by atoms with E-state index in [1.54, 1.807) is 7.11 Å². The third-order valence-electron chi connectivity index (χ3n) is 3.02. The molecule has 0 N–H and O–H groups in total. The normalized spacial score (nSPS) is 19.3. The van der Waals surface area contributed by atoms with Gasteiger partial charge >= 0.3 is 0 Å². The second-order valence-corrected chi connectivity index (χ2v) is 4.91. The minimum atomic E-state index is -0.728. The fraction of sp³-hybridized carbons (Fsp3) is 0.417. The van der Waals surface area contributed by atoms with E-state index in [1.807, 2.05) is 0 Å². The Morgan fingerprint density at radius 1 is 1.44 bits per heavy atom. The average molecular weight is 320 g/mol. The van der Waals surface area contributed by atoms with Crippen LogP contribution < -0.4 is 0 Å². The van der Waals surface area contributed by atoms with Gasteiger partial charge in [0.05, 0.1) is 16.1 Å². The number of carbonyl (C=O) groups excluding carboxylic acids is 1. The highest BCUT2D eigenvalue weighted by Crippen LogP contribution is 2.26. The van der Waals surface area contributed by atoms with Gasteiger partial charge in [0.25, 0.3) is 5.91 Å². The lowest BCUT2D eigenvalue weighted by molar-refractivity contribution is 0.0718. The van der Waals surface area contributed by atoms with Gasteiger partial charge in [-0.15, -0.1) is 0 Å². The topological polar surface area (TPSA) is 29.5 Å². The van der Waals surface area contributed by atoms with E-state index in [2.05, 4.69) is 15.9 Å². The second-order valence-electron chi connectivity index (χ2n) is 4.12. The first-order chi connectivity index (χ1) is 8.54. The number of hydrogen-bond donors (Lipinski definition) is 0. The number of rotatable bonds is 2. The molecule has 0 radical (unpaired) electrons. The van der Waals surface area contributed by atoms with Crippen LogP contribution in [-0.4, -0.2) is 37.1 Å². The van der Waals surface area contributed by atoms with Crippen molar-refractivity contribution in [1.29, 1.82) is 0 Å². The third kappa shape index (κ3) is 2.40. The third-order valence-corrected chi connectivity index (χ3v) is 3.80. The molecule has 1 aliphatic heterocycles. The van der Waals surface area contributed by atoms with Crippen LogP contribution in [-0.2, 0) is 4.74 Å². The minimum Gasteiger partial charge on any atom is -0.380 e. The monoisotopic (exact) mass is 319 g/mol. The summed E-state index contributed by atoms with van der Waals surface area (Å²) in [5.41, 5.74) is -0.258. The van der Waals surface area contributed by atoms with Gasteiger partial charge in [-0.25, -0.2) is 8.78 Å². The molecule has 0 spiro atoms. The molecule has 0 aromatic heterocycles. The molecule has 18 heavy (non-hydrogen) atoms. The van der Waals surface area contributed by atoms with Crippen molar-refractivity contribution in [2.45, 2.75) is 12.5 Å².